The predicted octanol–water partition coefficient (Wildman–Crippen LogP) is 3.51. The molecule has 21 heavy (non-hydrogen) atoms. The molecular formula is C11H5ClF6O3. The molecule has 0 bridgehead atoms. The zero-order valence-electron chi connectivity index (χ0n) is 9.72. The summed E-state index contributed by atoms with van der Waals surface area (Å²) in [4.78, 5) is 21.4. The van der Waals surface area contributed by atoms with Gasteiger partial charge in [0.15, 0.2) is 0 Å². The minimum Gasteiger partial charge on any atom is -0.477 e. The van der Waals surface area contributed by atoms with Gasteiger partial charge in [-0.15, -0.1) is 0 Å². The van der Waals surface area contributed by atoms with Crippen LogP contribution >= 0.6 is 11.6 Å². The van der Waals surface area contributed by atoms with Crippen LogP contribution in [0.3, 0.4) is 0 Å². The van der Waals surface area contributed by atoms with Gasteiger partial charge in [0.1, 0.15) is 0 Å². The molecular weight excluding hydrogens is 330 g/mol. The number of rotatable bonds is 5. The summed E-state index contributed by atoms with van der Waals surface area (Å²) >= 11 is 5.37. The molecule has 0 amide bonds. The van der Waals surface area contributed by atoms with E-state index in [9.17, 15) is 35.9 Å². The highest BCUT2D eigenvalue weighted by molar-refractivity contribution is 6.31. The highest BCUT2D eigenvalue weighted by Gasteiger charge is 2.78. The third kappa shape index (κ3) is 2.69. The van der Waals surface area contributed by atoms with E-state index >= 15 is 0 Å². The Kier molecular flexibility index (Phi) is 4.29. The standard InChI is InChI=1S/C11H5ClF6O3/c12-6-3-1-2-5(4-6)7(19)9(13,14)11(17,18)10(15,16)8(20)21/h1-4H,(H,20,21). The van der Waals surface area contributed by atoms with E-state index in [0.717, 1.165) is 12.1 Å². The van der Waals surface area contributed by atoms with Crippen molar-refractivity contribution in [2.24, 2.45) is 0 Å². The Morgan fingerprint density at radius 1 is 1.00 bits per heavy atom. The average Bonchev–Trinajstić information content (AvgIpc) is 2.37. The Morgan fingerprint density at radius 2 is 1.52 bits per heavy atom. The van der Waals surface area contributed by atoms with Crippen molar-refractivity contribution in [1.29, 1.82) is 0 Å². The molecule has 0 heterocycles. The van der Waals surface area contributed by atoms with Crippen LogP contribution in [0.1, 0.15) is 10.4 Å². The highest BCUT2D eigenvalue weighted by atomic mass is 35.5. The number of carbonyl (C=O) groups excluding carboxylic acids is 1. The summed E-state index contributed by atoms with van der Waals surface area (Å²) in [5.74, 6) is -24.7. The van der Waals surface area contributed by atoms with Gasteiger partial charge in [-0.2, -0.15) is 26.3 Å². The normalized spacial score (nSPS) is 13.1. The third-order valence-corrected chi connectivity index (χ3v) is 2.66. The highest BCUT2D eigenvalue weighted by Crippen LogP contribution is 2.47. The van der Waals surface area contributed by atoms with E-state index in [1.807, 2.05) is 0 Å². The lowest BCUT2D eigenvalue weighted by atomic mass is 9.96. The third-order valence-electron chi connectivity index (χ3n) is 2.43. The van der Waals surface area contributed by atoms with Gasteiger partial charge >= 0.3 is 23.7 Å². The van der Waals surface area contributed by atoms with Crippen LogP contribution in [0.25, 0.3) is 0 Å². The monoisotopic (exact) mass is 334 g/mol. The van der Waals surface area contributed by atoms with Gasteiger partial charge < -0.3 is 5.11 Å². The van der Waals surface area contributed by atoms with Crippen LogP contribution in [0.2, 0.25) is 5.02 Å². The first-order valence-corrected chi connectivity index (χ1v) is 5.40. The summed E-state index contributed by atoms with van der Waals surface area (Å²) in [6.07, 6.45) is 0. The van der Waals surface area contributed by atoms with Gasteiger partial charge in [0.25, 0.3) is 0 Å². The molecule has 0 aromatic heterocycles. The molecule has 0 spiro atoms. The fourth-order valence-corrected chi connectivity index (χ4v) is 1.48. The van der Waals surface area contributed by atoms with Crippen LogP contribution in [0.15, 0.2) is 24.3 Å². The first kappa shape index (κ1) is 17.3. The summed E-state index contributed by atoms with van der Waals surface area (Å²) in [6, 6.07) is 3.30. The van der Waals surface area contributed by atoms with E-state index < -0.39 is 35.1 Å². The minimum atomic E-state index is -6.43. The topological polar surface area (TPSA) is 54.4 Å². The van der Waals surface area contributed by atoms with Crippen molar-refractivity contribution in [1.82, 2.24) is 0 Å². The largest absolute Gasteiger partial charge is 0.477 e. The molecule has 0 fully saturated rings. The lowest BCUT2D eigenvalue weighted by Gasteiger charge is -2.29. The molecule has 1 aromatic carbocycles. The summed E-state index contributed by atoms with van der Waals surface area (Å²) in [5, 5.41) is 7.67. The molecule has 10 heteroatoms. The lowest BCUT2D eigenvalue weighted by molar-refractivity contribution is -0.285. The average molecular weight is 335 g/mol. The van der Waals surface area contributed by atoms with Crippen LogP contribution in [0.5, 0.6) is 0 Å². The second-order valence-electron chi connectivity index (χ2n) is 3.87. The number of hydrogen-bond donors (Lipinski definition) is 1. The molecule has 1 aromatic rings. The Labute approximate surface area is 118 Å². The van der Waals surface area contributed by atoms with E-state index in [1.54, 1.807) is 0 Å². The van der Waals surface area contributed by atoms with Crippen molar-refractivity contribution < 1.29 is 41.0 Å². The Hall–Kier alpha value is -1.77. The van der Waals surface area contributed by atoms with E-state index in [1.165, 1.54) is 0 Å². The molecule has 0 aliphatic heterocycles. The van der Waals surface area contributed by atoms with Crippen molar-refractivity contribution in [3.8, 4) is 0 Å². The Morgan fingerprint density at radius 3 is 1.95 bits per heavy atom. The zero-order valence-corrected chi connectivity index (χ0v) is 10.5. The molecule has 1 rings (SSSR count). The fraction of sp³-hybridized carbons (Fsp3) is 0.273. The molecule has 0 aliphatic rings. The zero-order chi connectivity index (χ0) is 16.6. The number of carboxylic acid groups (broad SMARTS) is 1. The number of Topliss-reactive ketones (excluding diaryl/α,β-unsaturated/α-hetero) is 1. The van der Waals surface area contributed by atoms with Gasteiger partial charge in [-0.3, -0.25) is 4.79 Å². The molecule has 0 unspecified atom stereocenters. The van der Waals surface area contributed by atoms with Gasteiger partial charge in [-0.05, 0) is 12.1 Å². The summed E-state index contributed by atoms with van der Waals surface area (Å²) in [6.45, 7) is 0. The van der Waals surface area contributed by atoms with Gasteiger partial charge in [0.2, 0.25) is 5.78 Å². The van der Waals surface area contributed by atoms with E-state index in [0.29, 0.717) is 12.1 Å². The van der Waals surface area contributed by atoms with E-state index in [4.69, 9.17) is 16.7 Å². The second kappa shape index (κ2) is 5.21. The lowest BCUT2D eigenvalue weighted by Crippen LogP contribution is -2.60. The van der Waals surface area contributed by atoms with Crippen molar-refractivity contribution in [2.45, 2.75) is 17.8 Å². The van der Waals surface area contributed by atoms with E-state index in [-0.39, 0.29) is 5.02 Å². The Balaban J connectivity index is 3.33. The summed E-state index contributed by atoms with van der Waals surface area (Å²) in [5.41, 5.74) is -1.06. The number of benzene rings is 1. The SMILES string of the molecule is O=C(O)C(F)(F)C(F)(F)C(F)(F)C(=O)c1cccc(Cl)c1. The fourth-order valence-electron chi connectivity index (χ4n) is 1.29. The number of ketones is 1. The molecule has 0 aliphatic carbocycles. The molecule has 0 atom stereocenters. The predicted molar refractivity (Wildman–Crippen MR) is 58.3 cm³/mol. The van der Waals surface area contributed by atoms with Crippen molar-refractivity contribution in [3.63, 3.8) is 0 Å². The first-order valence-electron chi connectivity index (χ1n) is 5.03. The van der Waals surface area contributed by atoms with E-state index in [2.05, 4.69) is 0 Å². The Bertz CT molecular complexity index is 587. The quantitative estimate of drug-likeness (QED) is 0.662. The van der Waals surface area contributed by atoms with Crippen LogP contribution in [-0.4, -0.2) is 34.6 Å². The van der Waals surface area contributed by atoms with Gasteiger partial charge in [0.05, 0.1) is 0 Å². The molecule has 0 saturated heterocycles. The first-order chi connectivity index (χ1) is 9.35. The molecule has 116 valence electrons. The number of alkyl halides is 6. The molecule has 0 radical (unpaired) electrons. The van der Waals surface area contributed by atoms with Crippen molar-refractivity contribution in [2.75, 3.05) is 0 Å². The maximum Gasteiger partial charge on any atom is 0.411 e. The molecule has 0 saturated carbocycles. The number of hydrogen-bond acceptors (Lipinski definition) is 2. The molecule has 1 N–H and O–H groups in total. The van der Waals surface area contributed by atoms with Gasteiger partial charge in [-0.1, -0.05) is 23.7 Å². The summed E-state index contributed by atoms with van der Waals surface area (Å²) in [7, 11) is 0. The smallest absolute Gasteiger partial charge is 0.411 e. The maximum atomic E-state index is 13.4. The summed E-state index contributed by atoms with van der Waals surface area (Å²) < 4.78 is 78.6. The van der Waals surface area contributed by atoms with Crippen molar-refractivity contribution in [3.05, 3.63) is 34.9 Å². The second-order valence-corrected chi connectivity index (χ2v) is 4.30. The number of halogens is 7. The van der Waals surface area contributed by atoms with Crippen LogP contribution in [0.4, 0.5) is 26.3 Å². The minimum absolute atomic E-state index is 0.273. The molecule has 3 nitrogen and oxygen atoms in total. The van der Waals surface area contributed by atoms with Crippen molar-refractivity contribution >= 4 is 23.4 Å². The van der Waals surface area contributed by atoms with Crippen LogP contribution in [0, 0.1) is 0 Å². The maximum absolute atomic E-state index is 13.4. The van der Waals surface area contributed by atoms with Crippen LogP contribution < -0.4 is 0 Å². The van der Waals surface area contributed by atoms with Gasteiger partial charge in [-0.25, -0.2) is 4.79 Å². The van der Waals surface area contributed by atoms with Gasteiger partial charge in [0, 0.05) is 10.6 Å². The van der Waals surface area contributed by atoms with Crippen LogP contribution in [-0.2, 0) is 4.79 Å². The number of carbonyl (C=O) groups is 2. The number of carboxylic acids is 1. The number of aliphatic carboxylic acids is 1.